The van der Waals surface area contributed by atoms with Crippen LogP contribution in [0.1, 0.15) is 33.1 Å². The molecule has 1 amide bonds. The zero-order valence-corrected chi connectivity index (χ0v) is 13.7. The molecular formula is C15H31N3O3. The van der Waals surface area contributed by atoms with Crippen LogP contribution in [0.5, 0.6) is 0 Å². The summed E-state index contributed by atoms with van der Waals surface area (Å²) in [5.41, 5.74) is 5.02. The second-order valence-electron chi connectivity index (χ2n) is 5.52. The number of rotatable bonds is 11. The average Bonchev–Trinajstić information content (AvgIpc) is 2.92. The van der Waals surface area contributed by atoms with E-state index in [-0.39, 0.29) is 5.91 Å². The van der Waals surface area contributed by atoms with E-state index < -0.39 is 5.54 Å². The van der Waals surface area contributed by atoms with Gasteiger partial charge in [0.25, 0.3) is 0 Å². The molecule has 2 unspecified atom stereocenters. The van der Waals surface area contributed by atoms with Crippen molar-refractivity contribution in [2.75, 3.05) is 46.6 Å². The number of ether oxygens (including phenoxy) is 2. The summed E-state index contributed by atoms with van der Waals surface area (Å²) >= 11 is 0. The van der Waals surface area contributed by atoms with Gasteiger partial charge in [-0.3, -0.25) is 9.69 Å². The largest absolute Gasteiger partial charge is 0.380 e. The van der Waals surface area contributed by atoms with Gasteiger partial charge in [0.05, 0.1) is 18.8 Å². The molecule has 3 N–H and O–H groups in total. The fourth-order valence-electron chi connectivity index (χ4n) is 3.03. The third-order valence-corrected chi connectivity index (χ3v) is 4.41. The first-order valence-electron chi connectivity index (χ1n) is 7.98. The van der Waals surface area contributed by atoms with Gasteiger partial charge in [0, 0.05) is 32.3 Å². The Morgan fingerprint density at radius 1 is 1.29 bits per heavy atom. The molecular weight excluding hydrogens is 270 g/mol. The fraction of sp³-hybridized carbons (Fsp3) is 0.933. The van der Waals surface area contributed by atoms with Crippen molar-refractivity contribution < 1.29 is 14.3 Å². The molecule has 21 heavy (non-hydrogen) atoms. The molecule has 1 rings (SSSR count). The maximum atomic E-state index is 11.7. The first kappa shape index (κ1) is 18.4. The highest BCUT2D eigenvalue weighted by Crippen LogP contribution is 2.32. The van der Waals surface area contributed by atoms with Crippen LogP contribution >= 0.6 is 0 Å². The summed E-state index contributed by atoms with van der Waals surface area (Å²) in [5.74, 6) is -0.248. The Morgan fingerprint density at radius 2 is 1.86 bits per heavy atom. The minimum Gasteiger partial charge on any atom is -0.380 e. The first-order chi connectivity index (χ1) is 10.1. The monoisotopic (exact) mass is 301 g/mol. The lowest BCUT2D eigenvalue weighted by Gasteiger charge is -2.31. The molecule has 0 aromatic carbocycles. The van der Waals surface area contributed by atoms with E-state index in [1.165, 1.54) is 0 Å². The van der Waals surface area contributed by atoms with Crippen LogP contribution in [0.2, 0.25) is 0 Å². The van der Waals surface area contributed by atoms with Crippen LogP contribution in [0.15, 0.2) is 0 Å². The fourth-order valence-corrected chi connectivity index (χ4v) is 3.03. The smallest absolute Gasteiger partial charge is 0.237 e. The van der Waals surface area contributed by atoms with Crippen molar-refractivity contribution >= 4 is 5.91 Å². The molecule has 6 nitrogen and oxygen atoms in total. The number of nitrogens with one attached hydrogen (secondary N) is 1. The predicted octanol–water partition coefficient (Wildman–Crippen LogP) is 0.357. The van der Waals surface area contributed by atoms with Crippen molar-refractivity contribution in [2.45, 2.75) is 44.7 Å². The van der Waals surface area contributed by atoms with Gasteiger partial charge in [0.2, 0.25) is 5.91 Å². The second-order valence-corrected chi connectivity index (χ2v) is 5.52. The zero-order chi connectivity index (χ0) is 15.7. The number of nitrogens with zero attached hydrogens (tertiary/aromatic N) is 1. The van der Waals surface area contributed by atoms with Gasteiger partial charge in [-0.15, -0.1) is 0 Å². The Kier molecular flexibility index (Phi) is 8.18. The van der Waals surface area contributed by atoms with Gasteiger partial charge in [0.1, 0.15) is 0 Å². The van der Waals surface area contributed by atoms with Crippen LogP contribution in [-0.4, -0.2) is 69.0 Å². The lowest BCUT2D eigenvalue weighted by Crippen LogP contribution is -2.53. The maximum Gasteiger partial charge on any atom is 0.237 e. The quantitative estimate of drug-likeness (QED) is 0.539. The van der Waals surface area contributed by atoms with Crippen molar-refractivity contribution in [3.8, 4) is 0 Å². The number of nitrogens with two attached hydrogens (primary N) is 1. The number of hydrogen-bond donors (Lipinski definition) is 2. The summed E-state index contributed by atoms with van der Waals surface area (Å²) in [5, 5.41) is 3.13. The van der Waals surface area contributed by atoms with Gasteiger partial charge in [0.15, 0.2) is 0 Å². The third kappa shape index (κ3) is 5.21. The minimum absolute atomic E-state index is 0.248. The molecule has 0 aromatic heterocycles. The Bertz CT molecular complexity index is 305. The lowest BCUT2D eigenvalue weighted by molar-refractivity contribution is -0.124. The second kappa shape index (κ2) is 9.35. The summed E-state index contributed by atoms with van der Waals surface area (Å²) in [6.07, 6.45) is 2.53. The highest BCUT2D eigenvalue weighted by atomic mass is 16.5. The van der Waals surface area contributed by atoms with Crippen LogP contribution in [0.25, 0.3) is 0 Å². The van der Waals surface area contributed by atoms with E-state index >= 15 is 0 Å². The molecule has 124 valence electrons. The summed E-state index contributed by atoms with van der Waals surface area (Å²) in [7, 11) is 1.82. The van der Waals surface area contributed by atoms with Crippen LogP contribution in [0.3, 0.4) is 0 Å². The molecule has 1 fully saturated rings. The lowest BCUT2D eigenvalue weighted by atomic mass is 9.96. The summed E-state index contributed by atoms with van der Waals surface area (Å²) in [4.78, 5) is 14.1. The summed E-state index contributed by atoms with van der Waals surface area (Å²) < 4.78 is 10.9. The Labute approximate surface area is 128 Å². The van der Waals surface area contributed by atoms with Gasteiger partial charge in [-0.25, -0.2) is 0 Å². The number of likely N-dealkylation sites (N-methyl/N-ethyl adjacent to an activating group) is 1. The summed E-state index contributed by atoms with van der Waals surface area (Å²) in [6, 6.07) is 0.353. The highest BCUT2D eigenvalue weighted by molar-refractivity contribution is 5.85. The highest BCUT2D eigenvalue weighted by Gasteiger charge is 2.44. The van der Waals surface area contributed by atoms with E-state index in [0.717, 1.165) is 45.6 Å². The van der Waals surface area contributed by atoms with Gasteiger partial charge < -0.3 is 20.5 Å². The Hall–Kier alpha value is -0.690. The Balaban J connectivity index is 2.59. The normalized spacial score (nSPS) is 25.6. The van der Waals surface area contributed by atoms with Crippen LogP contribution < -0.4 is 11.1 Å². The van der Waals surface area contributed by atoms with E-state index in [0.29, 0.717) is 19.3 Å². The standard InChI is InChI=1S/C15H31N3O3/c1-4-20-10-8-18(9-11-21-5-2)13-6-7-15(12-13,17-3)14(16)19/h13,17H,4-12H2,1-3H3,(H2,16,19). The molecule has 6 heteroatoms. The van der Waals surface area contributed by atoms with Gasteiger partial charge >= 0.3 is 0 Å². The number of hydrogen-bond acceptors (Lipinski definition) is 5. The molecule has 0 heterocycles. The number of primary amides is 1. The van der Waals surface area contributed by atoms with Crippen molar-refractivity contribution in [1.29, 1.82) is 0 Å². The topological polar surface area (TPSA) is 76.8 Å². The van der Waals surface area contributed by atoms with Crippen LogP contribution in [0.4, 0.5) is 0 Å². The van der Waals surface area contributed by atoms with Crippen LogP contribution in [0, 0.1) is 0 Å². The number of carbonyl (C=O) groups excluding carboxylic acids is 1. The minimum atomic E-state index is -0.555. The number of amides is 1. The molecule has 0 radical (unpaired) electrons. The predicted molar refractivity (Wildman–Crippen MR) is 83.2 cm³/mol. The SMILES string of the molecule is CCOCCN(CCOCC)C1CCC(NC)(C(N)=O)C1. The van der Waals surface area contributed by atoms with Crippen molar-refractivity contribution in [3.05, 3.63) is 0 Å². The van der Waals surface area contributed by atoms with E-state index in [9.17, 15) is 4.79 Å². The molecule has 0 bridgehead atoms. The van der Waals surface area contributed by atoms with E-state index in [1.54, 1.807) is 0 Å². The maximum absolute atomic E-state index is 11.7. The van der Waals surface area contributed by atoms with Crippen molar-refractivity contribution in [3.63, 3.8) is 0 Å². The molecule has 0 aromatic rings. The Morgan fingerprint density at radius 3 is 2.24 bits per heavy atom. The van der Waals surface area contributed by atoms with Gasteiger partial charge in [-0.05, 0) is 40.2 Å². The van der Waals surface area contributed by atoms with E-state index in [4.69, 9.17) is 15.2 Å². The molecule has 0 saturated heterocycles. The first-order valence-corrected chi connectivity index (χ1v) is 7.98. The van der Waals surface area contributed by atoms with Gasteiger partial charge in [-0.2, -0.15) is 0 Å². The average molecular weight is 301 g/mol. The molecule has 0 aliphatic heterocycles. The zero-order valence-electron chi connectivity index (χ0n) is 13.7. The van der Waals surface area contributed by atoms with Crippen LogP contribution in [-0.2, 0) is 14.3 Å². The van der Waals surface area contributed by atoms with Crippen molar-refractivity contribution in [1.82, 2.24) is 10.2 Å². The van der Waals surface area contributed by atoms with Crippen molar-refractivity contribution in [2.24, 2.45) is 5.73 Å². The molecule has 2 atom stereocenters. The third-order valence-electron chi connectivity index (χ3n) is 4.41. The summed E-state index contributed by atoms with van der Waals surface area (Å²) in [6.45, 7) is 8.61. The van der Waals surface area contributed by atoms with Gasteiger partial charge in [-0.1, -0.05) is 0 Å². The molecule has 0 spiro atoms. The van der Waals surface area contributed by atoms with E-state index in [1.807, 2.05) is 20.9 Å². The molecule has 1 aliphatic rings. The van der Waals surface area contributed by atoms with E-state index in [2.05, 4.69) is 10.2 Å². The molecule has 1 aliphatic carbocycles. The number of carbonyl (C=O) groups is 1. The molecule has 1 saturated carbocycles.